The summed E-state index contributed by atoms with van der Waals surface area (Å²) in [5, 5.41) is 7.41. The van der Waals surface area contributed by atoms with Crippen LogP contribution >= 0.6 is 0 Å². The van der Waals surface area contributed by atoms with Gasteiger partial charge in [-0.1, -0.05) is 0 Å². The van der Waals surface area contributed by atoms with Crippen molar-refractivity contribution < 1.29 is 4.79 Å². The SMILES string of the molecule is Cc1nn(C)c(C)c1[C@H](C)NC(=O)c1c(C)ncn1C. The monoisotopic (exact) mass is 275 g/mol. The Morgan fingerprint density at radius 2 is 1.90 bits per heavy atom. The standard InChI is InChI=1S/C14H21N5O/c1-8(12-9(2)17-19(6)11(12)4)16-14(20)13-10(3)15-7-18(13)5/h7-8H,1-6H3,(H,16,20)/t8-/m0/s1. The molecule has 2 heterocycles. The van der Waals surface area contributed by atoms with Crippen LogP contribution in [0.4, 0.5) is 0 Å². The van der Waals surface area contributed by atoms with E-state index in [1.165, 1.54) is 0 Å². The Hall–Kier alpha value is -2.11. The van der Waals surface area contributed by atoms with Gasteiger partial charge in [0.15, 0.2) is 0 Å². The average Bonchev–Trinajstić information content (AvgIpc) is 2.80. The molecule has 0 fully saturated rings. The Bertz CT molecular complexity index is 633. The number of carbonyl (C=O) groups is 1. The van der Waals surface area contributed by atoms with E-state index in [1.807, 2.05) is 46.5 Å². The summed E-state index contributed by atoms with van der Waals surface area (Å²) < 4.78 is 3.57. The lowest BCUT2D eigenvalue weighted by molar-refractivity contribution is 0.0931. The molecule has 2 aromatic rings. The average molecular weight is 275 g/mol. The highest BCUT2D eigenvalue weighted by molar-refractivity contribution is 5.93. The molecule has 0 saturated carbocycles. The van der Waals surface area contributed by atoms with Crippen LogP contribution in [0.25, 0.3) is 0 Å². The second-order valence-electron chi connectivity index (χ2n) is 5.19. The molecule has 0 unspecified atom stereocenters. The van der Waals surface area contributed by atoms with Gasteiger partial charge in [-0.2, -0.15) is 5.10 Å². The van der Waals surface area contributed by atoms with E-state index >= 15 is 0 Å². The predicted octanol–water partition coefficient (Wildman–Crippen LogP) is 1.57. The summed E-state index contributed by atoms with van der Waals surface area (Å²) in [5.41, 5.74) is 4.41. The smallest absolute Gasteiger partial charge is 0.270 e. The summed E-state index contributed by atoms with van der Waals surface area (Å²) in [4.78, 5) is 16.5. The van der Waals surface area contributed by atoms with Crippen LogP contribution in [0.3, 0.4) is 0 Å². The molecule has 1 amide bonds. The fourth-order valence-electron chi connectivity index (χ4n) is 2.63. The molecule has 1 atom stereocenters. The van der Waals surface area contributed by atoms with E-state index < -0.39 is 0 Å². The van der Waals surface area contributed by atoms with Crippen LogP contribution in [0.2, 0.25) is 0 Å². The second-order valence-corrected chi connectivity index (χ2v) is 5.19. The highest BCUT2D eigenvalue weighted by Gasteiger charge is 2.21. The van der Waals surface area contributed by atoms with Crippen molar-refractivity contribution in [3.05, 3.63) is 34.7 Å². The predicted molar refractivity (Wildman–Crippen MR) is 76.5 cm³/mol. The van der Waals surface area contributed by atoms with Crippen molar-refractivity contribution in [2.24, 2.45) is 14.1 Å². The Kier molecular flexibility index (Phi) is 3.65. The van der Waals surface area contributed by atoms with Gasteiger partial charge in [-0.25, -0.2) is 4.98 Å². The first-order chi connectivity index (χ1) is 9.32. The number of amides is 1. The number of imidazole rings is 1. The van der Waals surface area contributed by atoms with Crippen LogP contribution < -0.4 is 5.32 Å². The fraction of sp³-hybridized carbons (Fsp3) is 0.500. The van der Waals surface area contributed by atoms with Gasteiger partial charge in [-0.15, -0.1) is 0 Å². The third-order valence-corrected chi connectivity index (χ3v) is 3.68. The maximum Gasteiger partial charge on any atom is 0.270 e. The number of carbonyl (C=O) groups excluding carboxylic acids is 1. The van der Waals surface area contributed by atoms with Gasteiger partial charge in [-0.3, -0.25) is 9.48 Å². The molecule has 0 bridgehead atoms. The Labute approximate surface area is 118 Å². The van der Waals surface area contributed by atoms with E-state index in [2.05, 4.69) is 15.4 Å². The number of hydrogen-bond acceptors (Lipinski definition) is 3. The van der Waals surface area contributed by atoms with E-state index in [-0.39, 0.29) is 11.9 Å². The van der Waals surface area contributed by atoms with Gasteiger partial charge in [0.1, 0.15) is 5.69 Å². The molecule has 2 rings (SSSR count). The molecule has 0 aliphatic rings. The zero-order valence-electron chi connectivity index (χ0n) is 12.9. The molecule has 1 N–H and O–H groups in total. The molecule has 0 radical (unpaired) electrons. The number of aryl methyl sites for hydroxylation is 4. The molecule has 20 heavy (non-hydrogen) atoms. The second kappa shape index (κ2) is 5.11. The third-order valence-electron chi connectivity index (χ3n) is 3.68. The Morgan fingerprint density at radius 3 is 2.35 bits per heavy atom. The normalized spacial score (nSPS) is 12.5. The van der Waals surface area contributed by atoms with Gasteiger partial charge in [0.2, 0.25) is 0 Å². The van der Waals surface area contributed by atoms with Crippen LogP contribution in [0, 0.1) is 20.8 Å². The lowest BCUT2D eigenvalue weighted by Gasteiger charge is -2.15. The van der Waals surface area contributed by atoms with E-state index in [0.717, 1.165) is 22.6 Å². The Balaban J connectivity index is 2.24. The van der Waals surface area contributed by atoms with Crippen LogP contribution in [0.15, 0.2) is 6.33 Å². The zero-order chi connectivity index (χ0) is 15.0. The van der Waals surface area contributed by atoms with Crippen LogP contribution in [-0.2, 0) is 14.1 Å². The van der Waals surface area contributed by atoms with Gasteiger partial charge < -0.3 is 9.88 Å². The first-order valence-corrected chi connectivity index (χ1v) is 6.61. The van der Waals surface area contributed by atoms with Crippen molar-refractivity contribution in [1.82, 2.24) is 24.6 Å². The molecule has 0 aliphatic carbocycles. The molecular weight excluding hydrogens is 254 g/mol. The molecule has 0 spiro atoms. The van der Waals surface area contributed by atoms with E-state index in [4.69, 9.17) is 0 Å². The number of hydrogen-bond donors (Lipinski definition) is 1. The van der Waals surface area contributed by atoms with Crippen molar-refractivity contribution in [1.29, 1.82) is 0 Å². The maximum atomic E-state index is 12.4. The summed E-state index contributed by atoms with van der Waals surface area (Å²) in [7, 11) is 3.73. The number of nitrogens with zero attached hydrogens (tertiary/aromatic N) is 4. The molecular formula is C14H21N5O. The van der Waals surface area contributed by atoms with Crippen molar-refractivity contribution in [2.45, 2.75) is 33.7 Å². The van der Waals surface area contributed by atoms with Crippen molar-refractivity contribution in [2.75, 3.05) is 0 Å². The highest BCUT2D eigenvalue weighted by atomic mass is 16.2. The van der Waals surface area contributed by atoms with Gasteiger partial charge in [0.25, 0.3) is 5.91 Å². The van der Waals surface area contributed by atoms with E-state index in [0.29, 0.717) is 5.69 Å². The molecule has 6 nitrogen and oxygen atoms in total. The van der Waals surface area contributed by atoms with Crippen molar-refractivity contribution in [3.63, 3.8) is 0 Å². The zero-order valence-corrected chi connectivity index (χ0v) is 12.9. The largest absolute Gasteiger partial charge is 0.344 e. The van der Waals surface area contributed by atoms with Crippen molar-refractivity contribution >= 4 is 5.91 Å². The van der Waals surface area contributed by atoms with Crippen LogP contribution in [0.5, 0.6) is 0 Å². The van der Waals surface area contributed by atoms with E-state index in [9.17, 15) is 4.79 Å². The lowest BCUT2D eigenvalue weighted by atomic mass is 10.1. The minimum atomic E-state index is -0.113. The topological polar surface area (TPSA) is 64.7 Å². The first-order valence-electron chi connectivity index (χ1n) is 6.61. The third kappa shape index (κ3) is 2.33. The minimum Gasteiger partial charge on any atom is -0.344 e. The summed E-state index contributed by atoms with van der Waals surface area (Å²) >= 11 is 0. The highest BCUT2D eigenvalue weighted by Crippen LogP contribution is 2.21. The number of aromatic nitrogens is 4. The van der Waals surface area contributed by atoms with Crippen molar-refractivity contribution in [3.8, 4) is 0 Å². The van der Waals surface area contributed by atoms with E-state index in [1.54, 1.807) is 10.9 Å². The van der Waals surface area contributed by atoms with Gasteiger partial charge >= 0.3 is 0 Å². The maximum absolute atomic E-state index is 12.4. The lowest BCUT2D eigenvalue weighted by Crippen LogP contribution is -2.29. The molecule has 108 valence electrons. The molecule has 6 heteroatoms. The minimum absolute atomic E-state index is 0.0921. The summed E-state index contributed by atoms with van der Waals surface area (Å²) in [5.74, 6) is -0.113. The molecule has 0 saturated heterocycles. The van der Waals surface area contributed by atoms with Crippen LogP contribution in [0.1, 0.15) is 46.1 Å². The summed E-state index contributed by atoms with van der Waals surface area (Å²) in [6, 6.07) is -0.0921. The van der Waals surface area contributed by atoms with Crippen LogP contribution in [-0.4, -0.2) is 25.2 Å². The molecule has 0 aromatic carbocycles. The van der Waals surface area contributed by atoms with Gasteiger partial charge in [0.05, 0.1) is 23.8 Å². The molecule has 0 aliphatic heterocycles. The quantitative estimate of drug-likeness (QED) is 0.924. The van der Waals surface area contributed by atoms with Gasteiger partial charge in [0, 0.05) is 25.4 Å². The first kappa shape index (κ1) is 14.3. The number of nitrogens with one attached hydrogen (secondary N) is 1. The fourth-order valence-corrected chi connectivity index (χ4v) is 2.63. The molecule has 2 aromatic heterocycles. The summed E-state index contributed by atoms with van der Waals surface area (Å²) in [6.45, 7) is 7.77. The summed E-state index contributed by atoms with van der Waals surface area (Å²) in [6.07, 6.45) is 1.65. The number of rotatable bonds is 3. The van der Waals surface area contributed by atoms with Gasteiger partial charge in [-0.05, 0) is 27.7 Å². The Morgan fingerprint density at radius 1 is 1.25 bits per heavy atom.